The molecule has 0 spiro atoms. The van der Waals surface area contributed by atoms with Crippen molar-refractivity contribution in [1.29, 1.82) is 0 Å². The van der Waals surface area contributed by atoms with Gasteiger partial charge in [-0.15, -0.1) is 34.2 Å². The molecule has 1 unspecified atom stereocenters. The molecule has 0 saturated carbocycles. The lowest BCUT2D eigenvalue weighted by atomic mass is 10.1. The Kier molecular flexibility index (Phi) is 9.81. The fraction of sp³-hybridized carbons (Fsp3) is 0.842. The molecule has 2 aliphatic heterocycles. The third kappa shape index (κ3) is 6.58. The fourth-order valence-corrected chi connectivity index (χ4v) is 4.11. The molecule has 2 saturated heterocycles. The van der Waals surface area contributed by atoms with Crippen LogP contribution in [0.2, 0.25) is 0 Å². The molecule has 2 fully saturated rings. The van der Waals surface area contributed by atoms with Gasteiger partial charge in [-0.25, -0.2) is 0 Å². The van der Waals surface area contributed by atoms with Gasteiger partial charge in [0, 0.05) is 39.1 Å². The predicted molar refractivity (Wildman–Crippen MR) is 121 cm³/mol. The second-order valence-corrected chi connectivity index (χ2v) is 7.49. The first-order chi connectivity index (χ1) is 12.8. The Hall–Kier alpha value is -0.900. The van der Waals surface area contributed by atoms with Crippen molar-refractivity contribution in [3.05, 3.63) is 12.2 Å². The van der Waals surface area contributed by atoms with E-state index in [4.69, 9.17) is 4.99 Å². The van der Waals surface area contributed by atoms with Gasteiger partial charge in [0.05, 0.1) is 6.54 Å². The van der Waals surface area contributed by atoms with Gasteiger partial charge >= 0.3 is 0 Å². The molecule has 2 aliphatic rings. The van der Waals surface area contributed by atoms with Crippen LogP contribution in [0.3, 0.4) is 0 Å². The molecule has 0 radical (unpaired) electrons. The molecule has 7 nitrogen and oxygen atoms in total. The van der Waals surface area contributed by atoms with Crippen molar-refractivity contribution in [3.8, 4) is 0 Å². The number of nitrogens with zero attached hydrogens (tertiary/aromatic N) is 6. The summed E-state index contributed by atoms with van der Waals surface area (Å²) in [5, 5.41) is 11.6. The molecule has 0 bridgehead atoms. The third-order valence-electron chi connectivity index (χ3n) is 5.50. The molecule has 1 N–H and O–H groups in total. The molecule has 3 heterocycles. The molecule has 27 heavy (non-hydrogen) atoms. The van der Waals surface area contributed by atoms with Crippen LogP contribution >= 0.6 is 24.0 Å². The minimum Gasteiger partial charge on any atom is -0.357 e. The Balaban J connectivity index is 0.00000261. The normalized spacial score (nSPS) is 21.3. The lowest BCUT2D eigenvalue weighted by Crippen LogP contribution is -2.41. The van der Waals surface area contributed by atoms with Crippen molar-refractivity contribution in [2.45, 2.75) is 52.5 Å². The van der Waals surface area contributed by atoms with Crippen LogP contribution in [0.15, 0.2) is 11.3 Å². The fourth-order valence-electron chi connectivity index (χ4n) is 4.11. The zero-order valence-corrected chi connectivity index (χ0v) is 19.3. The van der Waals surface area contributed by atoms with Crippen LogP contribution in [-0.2, 0) is 13.0 Å². The average Bonchev–Trinajstić information content (AvgIpc) is 3.31. The van der Waals surface area contributed by atoms with E-state index in [1.54, 1.807) is 0 Å². The van der Waals surface area contributed by atoms with Crippen molar-refractivity contribution in [1.82, 2.24) is 29.9 Å². The van der Waals surface area contributed by atoms with Crippen molar-refractivity contribution < 1.29 is 0 Å². The number of hydrogen-bond acceptors (Lipinski definition) is 4. The van der Waals surface area contributed by atoms with Crippen LogP contribution in [-0.4, -0.2) is 76.3 Å². The smallest absolute Gasteiger partial charge is 0.193 e. The summed E-state index contributed by atoms with van der Waals surface area (Å²) in [6, 6.07) is 0. The largest absolute Gasteiger partial charge is 0.357 e. The van der Waals surface area contributed by atoms with Crippen molar-refractivity contribution in [2.24, 2.45) is 10.9 Å². The van der Waals surface area contributed by atoms with Gasteiger partial charge in [-0.1, -0.05) is 13.3 Å². The van der Waals surface area contributed by atoms with E-state index in [0.717, 1.165) is 56.8 Å². The van der Waals surface area contributed by atoms with Gasteiger partial charge in [-0.2, -0.15) is 0 Å². The quantitative estimate of drug-likeness (QED) is 0.362. The van der Waals surface area contributed by atoms with Gasteiger partial charge in [0.1, 0.15) is 12.2 Å². The Morgan fingerprint density at radius 2 is 2.04 bits per heavy atom. The zero-order valence-electron chi connectivity index (χ0n) is 16.9. The van der Waals surface area contributed by atoms with E-state index in [2.05, 4.69) is 43.7 Å². The van der Waals surface area contributed by atoms with Crippen LogP contribution in [0.4, 0.5) is 0 Å². The van der Waals surface area contributed by atoms with Gasteiger partial charge in [0.2, 0.25) is 0 Å². The van der Waals surface area contributed by atoms with Crippen molar-refractivity contribution in [3.63, 3.8) is 0 Å². The molecule has 0 aromatic carbocycles. The second-order valence-electron chi connectivity index (χ2n) is 7.49. The summed E-state index contributed by atoms with van der Waals surface area (Å²) in [4.78, 5) is 9.98. The van der Waals surface area contributed by atoms with Gasteiger partial charge in [-0.3, -0.25) is 4.99 Å². The summed E-state index contributed by atoms with van der Waals surface area (Å²) in [6.07, 6.45) is 8.18. The molecule has 0 amide bonds. The van der Waals surface area contributed by atoms with Crippen LogP contribution in [0.1, 0.15) is 45.4 Å². The van der Waals surface area contributed by atoms with Crippen molar-refractivity contribution >= 4 is 29.9 Å². The summed E-state index contributed by atoms with van der Waals surface area (Å²) in [7, 11) is 0. The standard InChI is InChI=1S/C19H35N7.HI/c1-3-18-23-22-16-26(18)13-9-21-19(20-4-2)25-12-8-17(15-25)14-24-10-6-5-7-11-24;/h16-17H,3-15H2,1-2H3,(H,20,21);1H. The number of aryl methyl sites for hydroxylation is 1. The summed E-state index contributed by atoms with van der Waals surface area (Å²) < 4.78 is 2.11. The number of likely N-dealkylation sites (tertiary alicyclic amines) is 2. The maximum Gasteiger partial charge on any atom is 0.193 e. The molecule has 1 aromatic heterocycles. The van der Waals surface area contributed by atoms with E-state index < -0.39 is 0 Å². The number of guanidine groups is 1. The lowest BCUT2D eigenvalue weighted by Gasteiger charge is -2.29. The Labute approximate surface area is 181 Å². The second kappa shape index (κ2) is 11.8. The molecular weight excluding hydrogens is 453 g/mol. The van der Waals surface area contributed by atoms with Gasteiger partial charge in [-0.05, 0) is 45.2 Å². The van der Waals surface area contributed by atoms with E-state index in [0.29, 0.717) is 0 Å². The highest BCUT2D eigenvalue weighted by atomic mass is 127. The molecule has 1 atom stereocenters. The monoisotopic (exact) mass is 489 g/mol. The summed E-state index contributed by atoms with van der Waals surface area (Å²) in [6.45, 7) is 12.9. The SMILES string of the molecule is CCNC(=NCCn1cnnc1CC)N1CCC(CN2CCCCC2)C1.I. The van der Waals surface area contributed by atoms with E-state index in [1.807, 2.05) is 6.33 Å². The van der Waals surface area contributed by atoms with Crippen LogP contribution < -0.4 is 5.32 Å². The third-order valence-corrected chi connectivity index (χ3v) is 5.50. The molecule has 154 valence electrons. The molecule has 8 heteroatoms. The summed E-state index contributed by atoms with van der Waals surface area (Å²) in [5.74, 6) is 2.88. The molecule has 0 aliphatic carbocycles. The van der Waals surface area contributed by atoms with E-state index >= 15 is 0 Å². The number of piperidine rings is 1. The highest BCUT2D eigenvalue weighted by Gasteiger charge is 2.26. The Morgan fingerprint density at radius 1 is 1.22 bits per heavy atom. The Morgan fingerprint density at radius 3 is 2.78 bits per heavy atom. The number of nitrogens with one attached hydrogen (secondary N) is 1. The minimum absolute atomic E-state index is 0. The van der Waals surface area contributed by atoms with Gasteiger partial charge in [0.15, 0.2) is 5.96 Å². The van der Waals surface area contributed by atoms with Crippen LogP contribution in [0.5, 0.6) is 0 Å². The van der Waals surface area contributed by atoms with Crippen molar-refractivity contribution in [2.75, 3.05) is 45.8 Å². The van der Waals surface area contributed by atoms with Crippen LogP contribution in [0, 0.1) is 5.92 Å². The van der Waals surface area contributed by atoms with E-state index in [9.17, 15) is 0 Å². The van der Waals surface area contributed by atoms with E-state index in [-0.39, 0.29) is 24.0 Å². The molecular formula is C19H36IN7. The highest BCUT2D eigenvalue weighted by molar-refractivity contribution is 14.0. The lowest BCUT2D eigenvalue weighted by molar-refractivity contribution is 0.198. The number of hydrogen-bond donors (Lipinski definition) is 1. The first-order valence-electron chi connectivity index (χ1n) is 10.4. The van der Waals surface area contributed by atoms with Gasteiger partial charge < -0.3 is 19.7 Å². The Bertz CT molecular complexity index is 568. The predicted octanol–water partition coefficient (Wildman–Crippen LogP) is 2.23. The number of rotatable bonds is 7. The number of aliphatic imine (C=N–C) groups is 1. The maximum absolute atomic E-state index is 4.87. The van der Waals surface area contributed by atoms with Gasteiger partial charge in [0.25, 0.3) is 0 Å². The highest BCUT2D eigenvalue weighted by Crippen LogP contribution is 2.20. The number of aromatic nitrogens is 3. The topological polar surface area (TPSA) is 61.6 Å². The molecule has 3 rings (SSSR count). The first kappa shape index (κ1) is 22.4. The van der Waals surface area contributed by atoms with E-state index in [1.165, 1.54) is 45.3 Å². The molecule has 1 aromatic rings. The number of halogens is 1. The average molecular weight is 489 g/mol. The first-order valence-corrected chi connectivity index (χ1v) is 10.4. The minimum atomic E-state index is 0. The summed E-state index contributed by atoms with van der Waals surface area (Å²) in [5.41, 5.74) is 0. The zero-order chi connectivity index (χ0) is 18.2. The maximum atomic E-state index is 4.87. The van der Waals surface area contributed by atoms with Crippen LogP contribution in [0.25, 0.3) is 0 Å². The summed E-state index contributed by atoms with van der Waals surface area (Å²) >= 11 is 0.